The van der Waals surface area contributed by atoms with E-state index in [1.54, 1.807) is 0 Å². The van der Waals surface area contributed by atoms with Gasteiger partial charge >= 0.3 is 0 Å². The second-order valence-electron chi connectivity index (χ2n) is 3.54. The van der Waals surface area contributed by atoms with Crippen LogP contribution in [0.4, 0.5) is 0 Å². The maximum Gasteiger partial charge on any atom is 0.172 e. The van der Waals surface area contributed by atoms with Crippen molar-refractivity contribution in [3.05, 3.63) is 0 Å². The average molecular weight is 227 g/mol. The Morgan fingerprint density at radius 1 is 1.19 bits per heavy atom. The van der Waals surface area contributed by atoms with E-state index in [1.165, 1.54) is 0 Å². The van der Waals surface area contributed by atoms with Gasteiger partial charge in [-0.15, -0.1) is 12.3 Å². The van der Waals surface area contributed by atoms with E-state index in [9.17, 15) is 0 Å². The molecular formula is C13H25NO2. The van der Waals surface area contributed by atoms with Gasteiger partial charge in [-0.2, -0.15) is 0 Å². The van der Waals surface area contributed by atoms with Crippen LogP contribution >= 0.6 is 0 Å². The molecule has 0 aromatic rings. The summed E-state index contributed by atoms with van der Waals surface area (Å²) in [5.41, 5.74) is 0. The van der Waals surface area contributed by atoms with Gasteiger partial charge in [0.2, 0.25) is 0 Å². The van der Waals surface area contributed by atoms with E-state index >= 15 is 0 Å². The summed E-state index contributed by atoms with van der Waals surface area (Å²) in [5, 5.41) is 3.39. The number of ether oxygens (including phenoxy) is 2. The summed E-state index contributed by atoms with van der Waals surface area (Å²) < 4.78 is 11.2. The summed E-state index contributed by atoms with van der Waals surface area (Å²) in [6.07, 6.45) is 7.90. The molecule has 1 unspecified atom stereocenters. The van der Waals surface area contributed by atoms with E-state index in [1.807, 2.05) is 13.8 Å². The zero-order chi connectivity index (χ0) is 12.2. The molecule has 1 atom stereocenters. The van der Waals surface area contributed by atoms with Crippen molar-refractivity contribution in [3.63, 3.8) is 0 Å². The summed E-state index contributed by atoms with van der Waals surface area (Å²) >= 11 is 0. The molecule has 0 aromatic carbocycles. The van der Waals surface area contributed by atoms with E-state index in [-0.39, 0.29) is 12.3 Å². The summed E-state index contributed by atoms with van der Waals surface area (Å²) in [5.74, 6) is 2.66. The number of hydrogen-bond acceptors (Lipinski definition) is 3. The topological polar surface area (TPSA) is 30.5 Å². The van der Waals surface area contributed by atoms with Gasteiger partial charge in [-0.05, 0) is 33.2 Å². The van der Waals surface area contributed by atoms with Crippen molar-refractivity contribution >= 4 is 0 Å². The van der Waals surface area contributed by atoms with E-state index in [0.29, 0.717) is 13.2 Å². The smallest absolute Gasteiger partial charge is 0.172 e. The van der Waals surface area contributed by atoms with Crippen molar-refractivity contribution < 1.29 is 9.47 Å². The van der Waals surface area contributed by atoms with Crippen LogP contribution in [-0.2, 0) is 9.47 Å². The molecule has 0 saturated carbocycles. The van der Waals surface area contributed by atoms with Gasteiger partial charge in [0.1, 0.15) is 0 Å². The molecule has 0 saturated heterocycles. The third kappa shape index (κ3) is 6.84. The lowest BCUT2D eigenvalue weighted by Gasteiger charge is -2.27. The second kappa shape index (κ2) is 10.9. The summed E-state index contributed by atoms with van der Waals surface area (Å²) in [4.78, 5) is 0. The average Bonchev–Trinajstić information content (AvgIpc) is 2.28. The minimum atomic E-state index is -0.160. The van der Waals surface area contributed by atoms with Crippen LogP contribution in [0.15, 0.2) is 0 Å². The van der Waals surface area contributed by atoms with Crippen molar-refractivity contribution in [1.82, 2.24) is 5.32 Å². The molecular weight excluding hydrogens is 202 g/mol. The summed E-state index contributed by atoms with van der Waals surface area (Å²) in [7, 11) is 0. The highest BCUT2D eigenvalue weighted by molar-refractivity contribution is 4.84. The zero-order valence-corrected chi connectivity index (χ0v) is 10.8. The Hall–Kier alpha value is -0.560. The highest BCUT2D eigenvalue weighted by Gasteiger charge is 2.20. The second-order valence-corrected chi connectivity index (χ2v) is 3.54. The fourth-order valence-corrected chi connectivity index (χ4v) is 1.63. The molecule has 0 bridgehead atoms. The van der Waals surface area contributed by atoms with Crippen LogP contribution < -0.4 is 5.32 Å². The quantitative estimate of drug-likeness (QED) is 0.352. The zero-order valence-electron chi connectivity index (χ0n) is 10.8. The third-order valence-electron chi connectivity index (χ3n) is 2.29. The first-order valence-electron chi connectivity index (χ1n) is 6.20. The van der Waals surface area contributed by atoms with Crippen LogP contribution in [0.1, 0.15) is 40.0 Å². The van der Waals surface area contributed by atoms with Gasteiger partial charge in [-0.1, -0.05) is 6.92 Å². The lowest BCUT2D eigenvalue weighted by Crippen LogP contribution is -2.43. The van der Waals surface area contributed by atoms with Crippen LogP contribution in [0.25, 0.3) is 0 Å². The van der Waals surface area contributed by atoms with Crippen molar-refractivity contribution in [2.45, 2.75) is 52.4 Å². The molecule has 0 heterocycles. The molecule has 3 heteroatoms. The molecule has 16 heavy (non-hydrogen) atoms. The van der Waals surface area contributed by atoms with Crippen LogP contribution in [0.2, 0.25) is 0 Å². The fraction of sp³-hybridized carbons (Fsp3) is 0.846. The Labute approximate surface area is 99.9 Å². The summed E-state index contributed by atoms with van der Waals surface area (Å²) in [6, 6.07) is 0.234. The Bertz CT molecular complexity index is 183. The Balaban J connectivity index is 4.14. The molecule has 94 valence electrons. The molecule has 0 spiro atoms. The van der Waals surface area contributed by atoms with Gasteiger partial charge in [0.25, 0.3) is 0 Å². The number of nitrogens with one attached hydrogen (secondary N) is 1. The molecule has 3 nitrogen and oxygen atoms in total. The molecule has 0 rings (SSSR count). The van der Waals surface area contributed by atoms with Gasteiger partial charge in [0.15, 0.2) is 6.29 Å². The Kier molecular flexibility index (Phi) is 10.6. The van der Waals surface area contributed by atoms with Crippen molar-refractivity contribution in [2.24, 2.45) is 0 Å². The highest BCUT2D eigenvalue weighted by Crippen LogP contribution is 2.10. The maximum absolute atomic E-state index is 5.59. The van der Waals surface area contributed by atoms with Crippen LogP contribution in [-0.4, -0.2) is 32.1 Å². The maximum atomic E-state index is 5.59. The first-order valence-corrected chi connectivity index (χ1v) is 6.20. The third-order valence-corrected chi connectivity index (χ3v) is 2.29. The molecule has 0 aromatic heterocycles. The number of terminal acetylenes is 1. The minimum absolute atomic E-state index is 0.160. The molecule has 0 aliphatic rings. The fourth-order valence-electron chi connectivity index (χ4n) is 1.63. The van der Waals surface area contributed by atoms with E-state index in [0.717, 1.165) is 25.8 Å². The van der Waals surface area contributed by atoms with Gasteiger partial charge in [-0.25, -0.2) is 0 Å². The summed E-state index contributed by atoms with van der Waals surface area (Å²) in [6.45, 7) is 8.30. The predicted octanol–water partition coefficient (Wildman–Crippen LogP) is 2.17. The monoisotopic (exact) mass is 227 g/mol. The lowest BCUT2D eigenvalue weighted by atomic mass is 10.1. The van der Waals surface area contributed by atoms with E-state index in [2.05, 4.69) is 18.2 Å². The van der Waals surface area contributed by atoms with Crippen LogP contribution in [0.3, 0.4) is 0 Å². The van der Waals surface area contributed by atoms with E-state index < -0.39 is 0 Å². The highest BCUT2D eigenvalue weighted by atomic mass is 16.7. The standard InChI is InChI=1S/C13H25NO2/c1-5-9-10-11-12(14-6-2)13(15-7-3)16-8-4/h1,12-14H,6-11H2,2-4H3. The Morgan fingerprint density at radius 3 is 2.25 bits per heavy atom. The normalized spacial score (nSPS) is 12.7. The first-order chi connectivity index (χ1) is 7.79. The van der Waals surface area contributed by atoms with Crippen molar-refractivity contribution in [3.8, 4) is 12.3 Å². The first kappa shape index (κ1) is 15.4. The van der Waals surface area contributed by atoms with Gasteiger partial charge in [0.05, 0.1) is 6.04 Å². The van der Waals surface area contributed by atoms with Crippen LogP contribution in [0, 0.1) is 12.3 Å². The molecule has 1 N–H and O–H groups in total. The van der Waals surface area contributed by atoms with Gasteiger partial charge < -0.3 is 14.8 Å². The van der Waals surface area contributed by atoms with E-state index in [4.69, 9.17) is 15.9 Å². The lowest BCUT2D eigenvalue weighted by molar-refractivity contribution is -0.154. The minimum Gasteiger partial charge on any atom is -0.351 e. The number of likely N-dealkylation sites (N-methyl/N-ethyl adjacent to an activating group) is 1. The number of unbranched alkanes of at least 4 members (excludes halogenated alkanes) is 1. The van der Waals surface area contributed by atoms with Crippen LogP contribution in [0.5, 0.6) is 0 Å². The van der Waals surface area contributed by atoms with Gasteiger partial charge in [-0.3, -0.25) is 0 Å². The number of rotatable bonds is 10. The Morgan fingerprint density at radius 2 is 1.81 bits per heavy atom. The molecule has 0 fully saturated rings. The molecule has 0 radical (unpaired) electrons. The van der Waals surface area contributed by atoms with Crippen molar-refractivity contribution in [2.75, 3.05) is 19.8 Å². The SMILES string of the molecule is C#CCCCC(NCC)C(OCC)OCC. The largest absolute Gasteiger partial charge is 0.351 e. The number of hydrogen-bond donors (Lipinski definition) is 1. The van der Waals surface area contributed by atoms with Gasteiger partial charge in [0, 0.05) is 19.6 Å². The predicted molar refractivity (Wildman–Crippen MR) is 67.2 cm³/mol. The molecule has 0 aliphatic heterocycles. The molecule has 0 aliphatic carbocycles. The van der Waals surface area contributed by atoms with Crippen molar-refractivity contribution in [1.29, 1.82) is 0 Å². The molecule has 0 amide bonds.